The summed E-state index contributed by atoms with van der Waals surface area (Å²) in [6.45, 7) is 0.209. The molecule has 0 aromatic heterocycles. The van der Waals surface area contributed by atoms with Crippen LogP contribution in [0, 0.1) is 23.7 Å². The number of hydroxylamine groups is 2. The number of carbonyl (C=O) groups excluding carboxylic acids is 1. The Balaban J connectivity index is 1.61. The molecule has 1 amide bonds. The Kier molecular flexibility index (Phi) is 3.83. The van der Waals surface area contributed by atoms with E-state index in [2.05, 4.69) is 0 Å². The number of benzene rings is 1. The van der Waals surface area contributed by atoms with Gasteiger partial charge < -0.3 is 5.11 Å². The van der Waals surface area contributed by atoms with Gasteiger partial charge in [0.2, 0.25) is 6.41 Å². The van der Waals surface area contributed by atoms with Crippen LogP contribution < -0.4 is 0 Å². The van der Waals surface area contributed by atoms with E-state index in [1.54, 1.807) is 0 Å². The van der Waals surface area contributed by atoms with Crippen molar-refractivity contribution in [3.05, 3.63) is 35.9 Å². The molecule has 24 heavy (non-hydrogen) atoms. The minimum absolute atomic E-state index is 0.00669. The predicted molar refractivity (Wildman–Crippen MR) is 86.5 cm³/mol. The Morgan fingerprint density at radius 1 is 1.12 bits per heavy atom. The maximum Gasteiger partial charge on any atom is 0.332 e. The summed E-state index contributed by atoms with van der Waals surface area (Å²) in [7, 11) is 0. The van der Waals surface area contributed by atoms with Crippen LogP contribution >= 0.6 is 0 Å². The SMILES string of the molecule is O=CN(OCc1ccccc1)C1(C(=O)O)C2CC3CC(C2)CC1C3. The van der Waals surface area contributed by atoms with Crippen LogP contribution in [0.1, 0.15) is 37.7 Å². The largest absolute Gasteiger partial charge is 0.479 e. The van der Waals surface area contributed by atoms with Crippen molar-refractivity contribution < 1.29 is 19.5 Å². The van der Waals surface area contributed by atoms with Gasteiger partial charge in [-0.2, -0.15) is 0 Å². The van der Waals surface area contributed by atoms with Crippen LogP contribution in [0.15, 0.2) is 30.3 Å². The lowest BCUT2D eigenvalue weighted by molar-refractivity contribution is -0.267. The monoisotopic (exact) mass is 329 g/mol. The van der Waals surface area contributed by atoms with Gasteiger partial charge in [-0.1, -0.05) is 30.3 Å². The molecule has 1 N–H and O–H groups in total. The Hall–Kier alpha value is -1.88. The van der Waals surface area contributed by atoms with Crippen LogP contribution in [0.25, 0.3) is 0 Å². The van der Waals surface area contributed by atoms with E-state index in [0.717, 1.165) is 36.3 Å². The Morgan fingerprint density at radius 2 is 1.71 bits per heavy atom. The fourth-order valence-electron chi connectivity index (χ4n) is 5.65. The van der Waals surface area contributed by atoms with Crippen LogP contribution in [0.2, 0.25) is 0 Å². The van der Waals surface area contributed by atoms with Gasteiger partial charge in [0.15, 0.2) is 5.54 Å². The molecule has 0 heterocycles. The average Bonchev–Trinajstić information content (AvgIpc) is 2.57. The van der Waals surface area contributed by atoms with Gasteiger partial charge >= 0.3 is 5.97 Å². The summed E-state index contributed by atoms with van der Waals surface area (Å²) >= 11 is 0. The molecule has 5 nitrogen and oxygen atoms in total. The molecule has 5 rings (SSSR count). The molecular weight excluding hydrogens is 306 g/mol. The van der Waals surface area contributed by atoms with E-state index in [1.165, 1.54) is 6.42 Å². The van der Waals surface area contributed by atoms with E-state index in [0.29, 0.717) is 18.2 Å². The van der Waals surface area contributed by atoms with Crippen molar-refractivity contribution in [2.75, 3.05) is 0 Å². The summed E-state index contributed by atoms with van der Waals surface area (Å²) in [6.07, 6.45) is 5.42. The number of carbonyl (C=O) groups is 2. The van der Waals surface area contributed by atoms with E-state index in [1.807, 2.05) is 30.3 Å². The standard InChI is InChI=1S/C19H23NO4/c21-12-20(24-11-13-4-2-1-3-5-13)19(18(22)23)16-7-14-6-15(9-16)10-17(19)8-14/h1-5,12,14-17H,6-11H2,(H,22,23). The molecule has 1 aromatic carbocycles. The molecule has 4 bridgehead atoms. The highest BCUT2D eigenvalue weighted by molar-refractivity contribution is 5.82. The molecule has 0 unspecified atom stereocenters. The molecular formula is C19H23NO4. The number of aliphatic carboxylic acids is 1. The highest BCUT2D eigenvalue weighted by Crippen LogP contribution is 2.60. The van der Waals surface area contributed by atoms with Crippen LogP contribution in [-0.4, -0.2) is 28.1 Å². The zero-order valence-corrected chi connectivity index (χ0v) is 13.6. The van der Waals surface area contributed by atoms with Crippen molar-refractivity contribution in [2.45, 2.75) is 44.2 Å². The number of hydrogen-bond acceptors (Lipinski definition) is 3. The normalized spacial score (nSPS) is 36.5. The minimum Gasteiger partial charge on any atom is -0.479 e. The van der Waals surface area contributed by atoms with E-state index >= 15 is 0 Å². The molecule has 0 radical (unpaired) electrons. The van der Waals surface area contributed by atoms with Crippen LogP contribution in [0.5, 0.6) is 0 Å². The van der Waals surface area contributed by atoms with Crippen LogP contribution in [0.4, 0.5) is 0 Å². The van der Waals surface area contributed by atoms with E-state index in [4.69, 9.17) is 4.84 Å². The molecule has 4 fully saturated rings. The van der Waals surface area contributed by atoms with Gasteiger partial charge in [-0.15, -0.1) is 0 Å². The zero-order chi connectivity index (χ0) is 16.7. The Labute approximate surface area is 141 Å². The summed E-state index contributed by atoms with van der Waals surface area (Å²) in [4.78, 5) is 29.9. The molecule has 4 aliphatic rings. The van der Waals surface area contributed by atoms with Crippen molar-refractivity contribution in [3.63, 3.8) is 0 Å². The van der Waals surface area contributed by atoms with Gasteiger partial charge in [0.25, 0.3) is 0 Å². The second-order valence-electron chi connectivity index (χ2n) is 7.63. The maximum atomic E-state index is 12.3. The maximum absolute atomic E-state index is 12.3. The van der Waals surface area contributed by atoms with Gasteiger partial charge in [0.05, 0.1) is 0 Å². The lowest BCUT2D eigenvalue weighted by atomic mass is 9.48. The second-order valence-corrected chi connectivity index (χ2v) is 7.63. The van der Waals surface area contributed by atoms with Crippen molar-refractivity contribution in [1.82, 2.24) is 5.06 Å². The zero-order valence-electron chi connectivity index (χ0n) is 13.6. The molecule has 4 aliphatic carbocycles. The number of rotatable bonds is 6. The third kappa shape index (κ3) is 2.25. The van der Waals surface area contributed by atoms with Gasteiger partial charge in [0, 0.05) is 0 Å². The van der Waals surface area contributed by atoms with Gasteiger partial charge in [-0.05, 0) is 61.3 Å². The summed E-state index contributed by atoms with van der Waals surface area (Å²) in [5, 5.41) is 11.3. The van der Waals surface area contributed by atoms with E-state index in [-0.39, 0.29) is 18.4 Å². The van der Waals surface area contributed by atoms with Crippen LogP contribution in [-0.2, 0) is 21.0 Å². The topological polar surface area (TPSA) is 66.8 Å². The lowest BCUT2D eigenvalue weighted by Crippen LogP contribution is -2.69. The first-order chi connectivity index (χ1) is 11.6. The minimum atomic E-state index is -1.19. The van der Waals surface area contributed by atoms with Crippen molar-refractivity contribution >= 4 is 12.4 Å². The van der Waals surface area contributed by atoms with E-state index in [9.17, 15) is 14.7 Å². The number of carboxylic acid groups (broad SMARTS) is 1. The third-order valence-corrected chi connectivity index (χ3v) is 6.40. The third-order valence-electron chi connectivity index (χ3n) is 6.40. The smallest absolute Gasteiger partial charge is 0.332 e. The molecule has 128 valence electrons. The van der Waals surface area contributed by atoms with Crippen molar-refractivity contribution in [1.29, 1.82) is 0 Å². The summed E-state index contributed by atoms with van der Waals surface area (Å²) < 4.78 is 0. The summed E-state index contributed by atoms with van der Waals surface area (Å²) in [6, 6.07) is 9.54. The molecule has 0 atom stereocenters. The first kappa shape index (κ1) is 15.6. The highest BCUT2D eigenvalue weighted by Gasteiger charge is 2.65. The van der Waals surface area contributed by atoms with E-state index < -0.39 is 11.5 Å². The molecule has 1 aromatic rings. The second kappa shape index (κ2) is 5.88. The molecule has 0 spiro atoms. The van der Waals surface area contributed by atoms with Gasteiger partial charge in [-0.25, -0.2) is 9.86 Å². The van der Waals surface area contributed by atoms with Gasteiger partial charge in [-0.3, -0.25) is 9.63 Å². The molecule has 4 saturated carbocycles. The average molecular weight is 329 g/mol. The van der Waals surface area contributed by atoms with Crippen molar-refractivity contribution in [2.24, 2.45) is 23.7 Å². The number of carboxylic acids is 1. The van der Waals surface area contributed by atoms with Crippen molar-refractivity contribution in [3.8, 4) is 0 Å². The first-order valence-corrected chi connectivity index (χ1v) is 8.79. The fraction of sp³-hybridized carbons (Fsp3) is 0.579. The quantitative estimate of drug-likeness (QED) is 0.644. The van der Waals surface area contributed by atoms with Gasteiger partial charge in [0.1, 0.15) is 6.61 Å². The lowest BCUT2D eigenvalue weighted by Gasteiger charge is -2.60. The molecule has 0 saturated heterocycles. The molecule has 5 heteroatoms. The Bertz CT molecular complexity index is 602. The summed E-state index contributed by atoms with van der Waals surface area (Å²) in [5.74, 6) is 0.362. The molecule has 0 aliphatic heterocycles. The predicted octanol–water partition coefficient (Wildman–Crippen LogP) is 2.86. The number of nitrogens with zero attached hydrogens (tertiary/aromatic N) is 1. The van der Waals surface area contributed by atoms with Crippen LogP contribution in [0.3, 0.4) is 0 Å². The summed E-state index contributed by atoms with van der Waals surface area (Å²) in [5.41, 5.74) is -0.266. The highest BCUT2D eigenvalue weighted by atomic mass is 16.7. The fourth-order valence-corrected chi connectivity index (χ4v) is 5.65. The number of hydrogen-bond donors (Lipinski definition) is 1. The number of amides is 1. The first-order valence-electron chi connectivity index (χ1n) is 8.79. The Morgan fingerprint density at radius 3 is 2.21 bits per heavy atom.